The van der Waals surface area contributed by atoms with E-state index in [4.69, 9.17) is 16.0 Å². The van der Waals surface area contributed by atoms with Gasteiger partial charge in [0.05, 0.1) is 21.9 Å². The van der Waals surface area contributed by atoms with Crippen molar-refractivity contribution in [3.63, 3.8) is 0 Å². The Balaban J connectivity index is 0.000000299. The molecule has 1 radical (unpaired) electrons. The van der Waals surface area contributed by atoms with Gasteiger partial charge in [-0.2, -0.15) is 0 Å². The molecule has 0 aromatic heterocycles. The molecule has 0 amide bonds. The Morgan fingerprint density at radius 2 is 1.28 bits per heavy atom. The van der Waals surface area contributed by atoms with Crippen LogP contribution in [0, 0.1) is 0 Å². The summed E-state index contributed by atoms with van der Waals surface area (Å²) in [6.07, 6.45) is 12.5. The van der Waals surface area contributed by atoms with E-state index in [9.17, 15) is 10.2 Å². The number of hydrogen-bond donors (Lipinski definition) is 2. The van der Waals surface area contributed by atoms with Crippen molar-refractivity contribution < 1.29 is 27.3 Å². The molecule has 9 unspecified atom stereocenters. The molecule has 3 fully saturated rings. The molecular weight excluding hydrogens is 832 g/mol. The minimum absolute atomic E-state index is 0. The second-order valence-electron chi connectivity index (χ2n) is 9.66. The quantitative estimate of drug-likeness (QED) is 0.183. The van der Waals surface area contributed by atoms with E-state index in [0.29, 0.717) is 12.1 Å². The van der Waals surface area contributed by atoms with Crippen LogP contribution < -0.4 is 0 Å². The van der Waals surface area contributed by atoms with Crippen LogP contribution in [-0.2, 0) is 17.1 Å². The summed E-state index contributed by atoms with van der Waals surface area (Å²) in [5.74, 6) is 0. The molecular formula is C24H36Br5FeN4O2+2. The molecule has 0 aromatic rings. The Morgan fingerprint density at radius 1 is 0.778 bits per heavy atom. The summed E-state index contributed by atoms with van der Waals surface area (Å²) < 4.78 is 0.953. The summed E-state index contributed by atoms with van der Waals surface area (Å²) in [7, 11) is 0. The third-order valence-electron chi connectivity index (χ3n) is 6.82. The van der Waals surface area contributed by atoms with Crippen LogP contribution in [0.5, 0.6) is 0 Å². The summed E-state index contributed by atoms with van der Waals surface area (Å²) in [5.41, 5.74) is 0. The second-order valence-corrected chi connectivity index (χ2v) is 14.7. The smallest absolute Gasteiger partial charge is 0.672 e. The SMILES string of the molecule is BrC1=CC=CC(CN(CC2CCCC[N-]2)CC2CCCC[N-]2)[N-]1.OC1C(O)C(Br)C(Br)C(Br)C1Br.[Fe+5]. The van der Waals surface area contributed by atoms with Crippen molar-refractivity contribution >= 4 is 79.6 Å². The molecule has 2 saturated heterocycles. The van der Waals surface area contributed by atoms with Gasteiger partial charge >= 0.3 is 17.1 Å². The van der Waals surface area contributed by atoms with Crippen LogP contribution in [0.25, 0.3) is 16.0 Å². The summed E-state index contributed by atoms with van der Waals surface area (Å²) in [4.78, 5) is 2.50. The fourth-order valence-electron chi connectivity index (χ4n) is 4.81. The number of allylic oxidation sites excluding steroid dienone is 2. The first-order valence-electron chi connectivity index (χ1n) is 12.5. The Bertz CT molecular complexity index is 619. The number of aliphatic hydroxyl groups excluding tert-OH is 2. The summed E-state index contributed by atoms with van der Waals surface area (Å²) in [5, 5.41) is 33.4. The van der Waals surface area contributed by atoms with Gasteiger partial charge in [0.2, 0.25) is 0 Å². The topological polar surface area (TPSA) is 86.0 Å². The van der Waals surface area contributed by atoms with Gasteiger partial charge in [-0.25, -0.2) is 0 Å². The zero-order valence-corrected chi connectivity index (χ0v) is 29.2. The Hall–Kier alpha value is 2.00. The van der Waals surface area contributed by atoms with E-state index in [1.165, 1.54) is 38.5 Å². The molecule has 0 spiro atoms. The third-order valence-corrected chi connectivity index (χ3v) is 13.9. The normalized spacial score (nSPS) is 38.8. The molecule has 9 atom stereocenters. The molecule has 6 nitrogen and oxygen atoms in total. The average molecular weight is 868 g/mol. The number of piperidine rings is 2. The van der Waals surface area contributed by atoms with E-state index in [1.54, 1.807) is 0 Å². The molecule has 3 aliphatic heterocycles. The van der Waals surface area contributed by atoms with E-state index in [0.717, 1.165) is 37.3 Å². The van der Waals surface area contributed by atoms with Gasteiger partial charge in [0, 0.05) is 9.65 Å². The van der Waals surface area contributed by atoms with Crippen molar-refractivity contribution in [2.24, 2.45) is 0 Å². The van der Waals surface area contributed by atoms with Gasteiger partial charge in [0.25, 0.3) is 0 Å². The predicted octanol–water partition coefficient (Wildman–Crippen LogP) is 6.46. The molecule has 12 heteroatoms. The fraction of sp³-hybridized carbons (Fsp3) is 0.833. The van der Waals surface area contributed by atoms with Crippen molar-refractivity contribution in [2.45, 2.75) is 88.2 Å². The van der Waals surface area contributed by atoms with E-state index in [1.807, 2.05) is 6.08 Å². The minimum atomic E-state index is -0.743. The minimum Gasteiger partial charge on any atom is -0.672 e. The monoisotopic (exact) mass is 863 g/mol. The number of halogens is 5. The molecule has 1 aliphatic carbocycles. The zero-order chi connectivity index (χ0) is 25.4. The van der Waals surface area contributed by atoms with Crippen LogP contribution in [-0.4, -0.2) is 97.5 Å². The fourth-order valence-corrected chi connectivity index (χ4v) is 8.61. The zero-order valence-electron chi connectivity index (χ0n) is 20.1. The van der Waals surface area contributed by atoms with Gasteiger partial charge < -0.3 is 31.1 Å². The molecule has 3 heterocycles. The van der Waals surface area contributed by atoms with Crippen molar-refractivity contribution in [3.8, 4) is 0 Å². The van der Waals surface area contributed by atoms with Crippen LogP contribution in [0.1, 0.15) is 38.5 Å². The van der Waals surface area contributed by atoms with Gasteiger partial charge in [-0.05, 0) is 19.6 Å². The molecule has 1 saturated carbocycles. The molecule has 4 aliphatic rings. The number of rotatable bonds is 6. The molecule has 205 valence electrons. The van der Waals surface area contributed by atoms with Gasteiger partial charge in [-0.3, -0.25) is 0 Å². The largest absolute Gasteiger partial charge is 5.00 e. The predicted molar refractivity (Wildman–Crippen MR) is 164 cm³/mol. The first kappa shape index (κ1) is 34.2. The van der Waals surface area contributed by atoms with E-state index in [2.05, 4.69) is 96.7 Å². The molecule has 36 heavy (non-hydrogen) atoms. The first-order chi connectivity index (χ1) is 16.8. The summed E-state index contributed by atoms with van der Waals surface area (Å²) in [6.45, 7) is 5.24. The van der Waals surface area contributed by atoms with Crippen LogP contribution >= 0.6 is 79.6 Å². The maximum absolute atomic E-state index is 9.53. The molecule has 0 aromatic carbocycles. The Kier molecular flexibility index (Phi) is 16.8. The maximum Gasteiger partial charge on any atom is 5.00 e. The summed E-state index contributed by atoms with van der Waals surface area (Å²) >= 11 is 17.0. The molecule has 0 bridgehead atoms. The van der Waals surface area contributed by atoms with Gasteiger partial charge in [0.1, 0.15) is 0 Å². The number of alkyl halides is 4. The van der Waals surface area contributed by atoms with Gasteiger partial charge in [0.15, 0.2) is 0 Å². The second kappa shape index (κ2) is 17.7. The van der Waals surface area contributed by atoms with Crippen LogP contribution in [0.15, 0.2) is 22.8 Å². The molecule has 2 N–H and O–H groups in total. The van der Waals surface area contributed by atoms with Gasteiger partial charge in [-0.1, -0.05) is 147 Å². The molecule has 4 rings (SSSR count). The van der Waals surface area contributed by atoms with Crippen LogP contribution in [0.3, 0.4) is 0 Å². The van der Waals surface area contributed by atoms with E-state index < -0.39 is 12.2 Å². The van der Waals surface area contributed by atoms with Crippen molar-refractivity contribution in [1.82, 2.24) is 4.90 Å². The number of aliphatic hydroxyl groups is 2. The first-order valence-corrected chi connectivity index (χ1v) is 16.9. The number of nitrogens with zero attached hydrogens (tertiary/aromatic N) is 4. The Labute approximate surface area is 269 Å². The number of hydrogen-bond acceptors (Lipinski definition) is 3. The van der Waals surface area contributed by atoms with Crippen molar-refractivity contribution in [1.29, 1.82) is 0 Å². The Morgan fingerprint density at radius 3 is 1.69 bits per heavy atom. The standard InChI is InChI=1S/C18H28BrN4.C6H8Br4O2.Fe/c19-18-9-5-8-17(22-18)14-23(12-15-6-1-3-10-20-15)13-16-7-2-4-11-21-16;7-1-2(8)4(10)6(12)5(11)3(1)9;/h5,8-9,15-17H,1-4,6-7,10-14H2;1-6,11-12H;/q-3;;+5. The maximum atomic E-state index is 9.53. The van der Waals surface area contributed by atoms with Gasteiger partial charge in [-0.15, -0.1) is 25.2 Å². The van der Waals surface area contributed by atoms with Crippen LogP contribution in [0.2, 0.25) is 0 Å². The summed E-state index contributed by atoms with van der Waals surface area (Å²) in [6, 6.07) is 1.28. The van der Waals surface area contributed by atoms with E-state index in [-0.39, 0.29) is 42.4 Å². The van der Waals surface area contributed by atoms with Crippen LogP contribution in [0.4, 0.5) is 0 Å². The van der Waals surface area contributed by atoms with E-state index >= 15 is 0 Å². The van der Waals surface area contributed by atoms with Crippen molar-refractivity contribution in [2.75, 3.05) is 32.7 Å². The third kappa shape index (κ3) is 10.8. The van der Waals surface area contributed by atoms with Crippen molar-refractivity contribution in [3.05, 3.63) is 38.8 Å². The average Bonchev–Trinajstić information content (AvgIpc) is 2.87.